The van der Waals surface area contributed by atoms with Crippen molar-refractivity contribution >= 4 is 24.1 Å². The Hall–Kier alpha value is -3.60. The molecule has 0 amide bonds. The predicted octanol–water partition coefficient (Wildman–Crippen LogP) is 4.31. The maximum Gasteiger partial charge on any atom is 0.307 e. The number of carboxylic acid groups (broad SMARTS) is 3. The van der Waals surface area contributed by atoms with Gasteiger partial charge >= 0.3 is 17.9 Å². The van der Waals surface area contributed by atoms with Gasteiger partial charge in [0.1, 0.15) is 0 Å². The lowest BCUT2D eigenvalue weighted by Gasteiger charge is -3.12. The highest BCUT2D eigenvalue weighted by Crippen LogP contribution is 3.11. The number of nitrogens with zero attached hydrogens (tertiary/aromatic N) is 2. The van der Waals surface area contributed by atoms with Gasteiger partial charge in [0.05, 0.1) is 17.8 Å². The van der Waals surface area contributed by atoms with Crippen LogP contribution in [0.4, 0.5) is 0 Å². The molecule has 3 heterocycles. The van der Waals surface area contributed by atoms with E-state index in [9.17, 15) is 29.7 Å². The summed E-state index contributed by atoms with van der Waals surface area (Å²) in [4.78, 5) is 44.3. The summed E-state index contributed by atoms with van der Waals surface area (Å²) >= 11 is 0. The number of aliphatic imine (C=N–C) groups is 1. The van der Waals surface area contributed by atoms with E-state index in [0.717, 1.165) is 113 Å². The molecule has 0 radical (unpaired) electrons. The van der Waals surface area contributed by atoms with Gasteiger partial charge in [-0.2, -0.15) is 0 Å². The fourth-order valence-electron chi connectivity index (χ4n) is 14.7. The van der Waals surface area contributed by atoms with E-state index in [2.05, 4.69) is 69.1 Å². The summed E-state index contributed by atoms with van der Waals surface area (Å²) in [6.07, 6.45) is 6.43. The van der Waals surface area contributed by atoms with E-state index in [1.807, 2.05) is 6.21 Å². The van der Waals surface area contributed by atoms with Crippen LogP contribution in [0.3, 0.4) is 0 Å². The Kier molecular flexibility index (Phi) is 8.38. The minimum absolute atomic E-state index is 0.0615. The van der Waals surface area contributed by atoms with Crippen LogP contribution in [0.2, 0.25) is 0 Å². The number of carboxylic acids is 3. The summed E-state index contributed by atoms with van der Waals surface area (Å²) in [5.41, 5.74) is 5.02. The molecule has 9 aliphatic rings. The van der Waals surface area contributed by atoms with Gasteiger partial charge in [-0.1, -0.05) is 48.5 Å². The molecule has 11 rings (SSSR count). The van der Waals surface area contributed by atoms with Gasteiger partial charge < -0.3 is 26.0 Å². The van der Waals surface area contributed by atoms with Crippen molar-refractivity contribution in [1.29, 1.82) is 0 Å². The summed E-state index contributed by atoms with van der Waals surface area (Å²) in [7, 11) is 0. The van der Waals surface area contributed by atoms with Gasteiger partial charge in [0.2, 0.25) is 0 Å². The quantitative estimate of drug-likeness (QED) is 0.151. The monoisotopic (exact) mass is 734 g/mol. The third-order valence-electron chi connectivity index (χ3n) is 16.5. The van der Waals surface area contributed by atoms with E-state index in [1.165, 1.54) is 11.1 Å². The summed E-state index contributed by atoms with van der Waals surface area (Å²) in [5.74, 6) is 1.47. The van der Waals surface area contributed by atoms with Crippen LogP contribution in [0.5, 0.6) is 0 Å². The van der Waals surface area contributed by atoms with Gasteiger partial charge in [0.15, 0.2) is 0 Å². The normalized spacial score (nSPS) is 38.7. The summed E-state index contributed by atoms with van der Waals surface area (Å²) < 4.78 is 0. The average Bonchev–Trinajstić information content (AvgIpc) is 3.97. The zero-order valence-corrected chi connectivity index (χ0v) is 31.0. The van der Waals surface area contributed by atoms with Crippen LogP contribution in [0, 0.1) is 81.8 Å². The minimum atomic E-state index is -0.718. The predicted molar refractivity (Wildman–Crippen MR) is 202 cm³/mol. The molecule has 10 heteroatoms. The van der Waals surface area contributed by atoms with Gasteiger partial charge in [0.25, 0.3) is 0 Å². The molecule has 0 bridgehead atoms. The van der Waals surface area contributed by atoms with Crippen molar-refractivity contribution < 1.29 is 29.7 Å². The summed E-state index contributed by atoms with van der Waals surface area (Å²) in [6.45, 7) is 6.50. The fraction of sp³-hybridized carbons (Fsp3) is 0.636. The minimum Gasteiger partial charge on any atom is -0.481 e. The van der Waals surface area contributed by atoms with Crippen molar-refractivity contribution in [3.8, 4) is 0 Å². The number of carbonyl (C=O) groups is 3. The number of hydrogen-bond acceptors (Lipinski definition) is 7. The van der Waals surface area contributed by atoms with Crippen LogP contribution in [0.15, 0.2) is 53.5 Å². The fourth-order valence-corrected chi connectivity index (χ4v) is 14.7. The molecule has 2 aromatic rings. The lowest BCUT2D eigenvalue weighted by atomic mass is 8.91. The van der Waals surface area contributed by atoms with Crippen LogP contribution >= 0.6 is 0 Å². The van der Waals surface area contributed by atoms with Gasteiger partial charge in [-0.25, -0.2) is 0 Å². The first kappa shape index (κ1) is 34.9. The van der Waals surface area contributed by atoms with Crippen LogP contribution < -0.4 is 10.6 Å². The first-order valence-corrected chi connectivity index (χ1v) is 20.7. The maximum atomic E-state index is 12.6. The molecule has 3 aliphatic heterocycles. The van der Waals surface area contributed by atoms with E-state index in [-0.39, 0.29) is 34.5 Å². The number of aliphatic carboxylic acids is 3. The molecular weight excluding hydrogens is 681 g/mol. The molecule has 4 unspecified atom stereocenters. The zero-order valence-electron chi connectivity index (χ0n) is 31.0. The van der Waals surface area contributed by atoms with Crippen LogP contribution in [0.1, 0.15) is 47.9 Å². The van der Waals surface area contributed by atoms with Crippen molar-refractivity contribution in [1.82, 2.24) is 15.5 Å². The third-order valence-corrected chi connectivity index (χ3v) is 16.5. The van der Waals surface area contributed by atoms with E-state index in [0.29, 0.717) is 24.7 Å². The Morgan fingerprint density at radius 1 is 0.722 bits per heavy atom. The Morgan fingerprint density at radius 2 is 1.24 bits per heavy atom. The second-order valence-corrected chi connectivity index (χ2v) is 18.6. The number of benzene rings is 2. The van der Waals surface area contributed by atoms with Crippen molar-refractivity contribution in [2.75, 3.05) is 39.3 Å². The van der Waals surface area contributed by atoms with Crippen LogP contribution in [0.25, 0.3) is 0 Å². The first-order valence-electron chi connectivity index (χ1n) is 20.7. The molecule has 6 aliphatic carbocycles. The standard InChI is InChI=1S/C44H54N4O6/c49-40(50)31(28-7-10-45-18-28)15-24-3-1-5-26(13-24)21-48(22-27-6-2-4-25(14-27)16-32(41(51)52)29-8-11-46-19-29)23-44-37-34-36-35(37)39(44)43(36,38(34)44)17-33(42(53)54)30-9-12-47-20-30/h1-6,13-14,20,28-39,45-46H,7-12,15-19,21-23H2,(H,49,50)(H,51,52)(H,53,54)/t28-,29-,30-,31-,32-,33-,34?,35?,36?,37?,38?,39?,43?,44?/m0/s1. The maximum absolute atomic E-state index is 12.6. The molecular formula is C44H54N4O6. The van der Waals surface area contributed by atoms with Gasteiger partial charge in [-0.15, -0.1) is 0 Å². The Balaban J connectivity index is 0.900. The molecule has 0 spiro atoms. The van der Waals surface area contributed by atoms with E-state index >= 15 is 0 Å². The lowest BCUT2D eigenvalue weighted by Crippen LogP contribution is -3.10. The zero-order chi connectivity index (χ0) is 36.9. The van der Waals surface area contributed by atoms with Gasteiger partial charge in [-0.3, -0.25) is 24.3 Å². The summed E-state index contributed by atoms with van der Waals surface area (Å²) in [5, 5.41) is 37.3. The van der Waals surface area contributed by atoms with Crippen LogP contribution in [-0.2, 0) is 40.3 Å². The Morgan fingerprint density at radius 3 is 1.70 bits per heavy atom. The number of nitrogens with one attached hydrogen (secondary N) is 2. The first-order chi connectivity index (χ1) is 26.2. The van der Waals surface area contributed by atoms with E-state index in [4.69, 9.17) is 0 Å². The second-order valence-electron chi connectivity index (χ2n) is 18.6. The van der Waals surface area contributed by atoms with Crippen molar-refractivity contribution in [3.05, 3.63) is 70.8 Å². The number of rotatable bonds is 18. The molecule has 286 valence electrons. The van der Waals surface area contributed by atoms with Crippen molar-refractivity contribution in [2.24, 2.45) is 86.8 Å². The van der Waals surface area contributed by atoms with E-state index in [1.54, 1.807) is 0 Å². The highest BCUT2D eigenvalue weighted by atomic mass is 16.4. The van der Waals surface area contributed by atoms with Gasteiger partial charge in [-0.05, 0) is 145 Å². The third kappa shape index (κ3) is 5.01. The molecule has 6 saturated carbocycles. The van der Waals surface area contributed by atoms with Crippen molar-refractivity contribution in [3.63, 3.8) is 0 Å². The summed E-state index contributed by atoms with van der Waals surface area (Å²) in [6, 6.07) is 17.1. The lowest BCUT2D eigenvalue weighted by molar-refractivity contribution is -0.661. The molecule has 10 atom stereocenters. The second kappa shape index (κ2) is 13.0. The van der Waals surface area contributed by atoms with Crippen LogP contribution in [-0.4, -0.2) is 83.6 Å². The number of hydrogen-bond donors (Lipinski definition) is 5. The molecule has 0 aromatic heterocycles. The molecule has 10 nitrogen and oxygen atoms in total. The highest BCUT2D eigenvalue weighted by molar-refractivity contribution is 5.78. The molecule has 8 fully saturated rings. The molecule has 2 aromatic carbocycles. The van der Waals surface area contributed by atoms with E-state index < -0.39 is 29.7 Å². The average molecular weight is 735 g/mol. The Labute approximate surface area is 317 Å². The molecule has 2 saturated heterocycles. The largest absolute Gasteiger partial charge is 0.481 e. The van der Waals surface area contributed by atoms with Gasteiger partial charge in [0, 0.05) is 38.3 Å². The highest BCUT2D eigenvalue weighted by Gasteiger charge is 3.09. The van der Waals surface area contributed by atoms with Crippen molar-refractivity contribution in [2.45, 2.75) is 51.6 Å². The molecule has 54 heavy (non-hydrogen) atoms. The SMILES string of the molecule is O=C(O)[C@@H](Cc1cccc(CN(Cc2cccc(C[C@H](C(=O)O)[C@H]3CCNC3)c2)CC23C4C5C6C4C2C6(C[C@H](C(=O)O)[C@@H]2C=NCC2)C53)c1)[C@H]1CCNC1. The smallest absolute Gasteiger partial charge is 0.307 e. The topological polar surface area (TPSA) is 152 Å². The molecule has 5 N–H and O–H groups in total. The Bertz CT molecular complexity index is 1770.